The van der Waals surface area contributed by atoms with E-state index in [2.05, 4.69) is 41.3 Å². The quantitative estimate of drug-likeness (QED) is 0.847. The van der Waals surface area contributed by atoms with E-state index >= 15 is 0 Å². The first kappa shape index (κ1) is 17.0. The lowest BCUT2D eigenvalue weighted by molar-refractivity contribution is -0.136. The van der Waals surface area contributed by atoms with Crippen molar-refractivity contribution in [2.24, 2.45) is 0 Å². The Morgan fingerprint density at radius 1 is 1.15 bits per heavy atom. The molecule has 0 bridgehead atoms. The van der Waals surface area contributed by atoms with E-state index < -0.39 is 5.97 Å². The summed E-state index contributed by atoms with van der Waals surface area (Å²) in [7, 11) is 0. The van der Waals surface area contributed by atoms with Gasteiger partial charge in [-0.05, 0) is 60.9 Å². The third kappa shape index (κ3) is 3.85. The van der Waals surface area contributed by atoms with Crippen molar-refractivity contribution >= 4 is 11.7 Å². The molecule has 4 heteroatoms. The van der Waals surface area contributed by atoms with Crippen LogP contribution < -0.4 is 9.64 Å². The van der Waals surface area contributed by atoms with E-state index in [0.29, 0.717) is 12.5 Å². The molecule has 136 valence electrons. The summed E-state index contributed by atoms with van der Waals surface area (Å²) < 4.78 is 6.04. The molecule has 4 rings (SSSR count). The lowest BCUT2D eigenvalue weighted by Gasteiger charge is -2.32. The second-order valence-electron chi connectivity index (χ2n) is 7.34. The van der Waals surface area contributed by atoms with Crippen molar-refractivity contribution in [3.8, 4) is 5.75 Å². The molecule has 2 aromatic rings. The highest BCUT2D eigenvalue weighted by molar-refractivity contribution is 5.67. The monoisotopic (exact) mass is 351 g/mol. The minimum atomic E-state index is -0.743. The third-order valence-corrected chi connectivity index (χ3v) is 5.45. The van der Waals surface area contributed by atoms with Crippen LogP contribution in [0.4, 0.5) is 5.69 Å². The van der Waals surface area contributed by atoms with Crippen molar-refractivity contribution in [3.05, 3.63) is 59.2 Å². The number of carbonyl (C=O) groups is 1. The topological polar surface area (TPSA) is 49.8 Å². The van der Waals surface area contributed by atoms with E-state index in [1.54, 1.807) is 0 Å². The lowest BCUT2D eigenvalue weighted by Crippen LogP contribution is -2.30. The Morgan fingerprint density at radius 3 is 2.81 bits per heavy atom. The molecule has 0 atom stereocenters. The molecule has 1 aliphatic carbocycles. The molecule has 1 N–H and O–H groups in total. The summed E-state index contributed by atoms with van der Waals surface area (Å²) in [6, 6.07) is 14.8. The maximum absolute atomic E-state index is 10.8. The van der Waals surface area contributed by atoms with Gasteiger partial charge >= 0.3 is 5.97 Å². The third-order valence-electron chi connectivity index (χ3n) is 5.45. The van der Waals surface area contributed by atoms with Gasteiger partial charge in [0.25, 0.3) is 0 Å². The summed E-state index contributed by atoms with van der Waals surface area (Å²) in [4.78, 5) is 13.2. The number of rotatable bonds is 6. The number of benzene rings is 2. The van der Waals surface area contributed by atoms with E-state index in [-0.39, 0.29) is 6.42 Å². The Labute approximate surface area is 154 Å². The van der Waals surface area contributed by atoms with Gasteiger partial charge in [-0.15, -0.1) is 0 Å². The molecule has 0 aromatic heterocycles. The van der Waals surface area contributed by atoms with Crippen LogP contribution in [-0.4, -0.2) is 23.7 Å². The van der Waals surface area contributed by atoms with Gasteiger partial charge in [0.05, 0.1) is 6.10 Å². The number of nitrogens with zero attached hydrogens (tertiary/aromatic N) is 1. The Balaban J connectivity index is 1.47. The van der Waals surface area contributed by atoms with Gasteiger partial charge < -0.3 is 14.7 Å². The first-order valence-corrected chi connectivity index (χ1v) is 9.51. The summed E-state index contributed by atoms with van der Waals surface area (Å²) >= 11 is 0. The standard InChI is InChI=1S/C22H25NO3/c24-22(25)10-8-16-7-9-17-11-12-23(15-18(17)13-16)19-3-1-6-21(14-19)26-20-4-2-5-20/h1,3,6-7,9,13-14,20H,2,4-5,8,10-12,15H2,(H,24,25). The number of fused-ring (bicyclic) bond motifs is 1. The first-order valence-electron chi connectivity index (χ1n) is 9.51. The van der Waals surface area contributed by atoms with E-state index in [1.165, 1.54) is 36.1 Å². The largest absolute Gasteiger partial charge is 0.490 e. The fourth-order valence-electron chi connectivity index (χ4n) is 3.67. The molecule has 0 radical (unpaired) electrons. The number of aryl methyl sites for hydroxylation is 1. The molecule has 2 aliphatic rings. The van der Waals surface area contributed by atoms with Gasteiger partial charge in [-0.25, -0.2) is 0 Å². The fourth-order valence-corrected chi connectivity index (χ4v) is 3.67. The number of carboxylic acids is 1. The van der Waals surface area contributed by atoms with Crippen molar-refractivity contribution in [1.29, 1.82) is 0 Å². The molecule has 1 heterocycles. The van der Waals surface area contributed by atoms with Crippen LogP contribution in [0.25, 0.3) is 0 Å². The van der Waals surface area contributed by atoms with Crippen molar-refractivity contribution in [2.45, 2.75) is 51.2 Å². The van der Waals surface area contributed by atoms with E-state index in [0.717, 1.165) is 30.8 Å². The molecule has 0 amide bonds. The molecule has 4 nitrogen and oxygen atoms in total. The van der Waals surface area contributed by atoms with E-state index in [1.807, 2.05) is 6.07 Å². The van der Waals surface area contributed by atoms with Crippen LogP contribution in [0.2, 0.25) is 0 Å². The fraction of sp³-hybridized carbons (Fsp3) is 0.409. The lowest BCUT2D eigenvalue weighted by atomic mass is 9.95. The number of aliphatic carboxylic acids is 1. The number of hydrogen-bond donors (Lipinski definition) is 1. The molecule has 2 aromatic carbocycles. The zero-order valence-electron chi connectivity index (χ0n) is 15.0. The van der Waals surface area contributed by atoms with Crippen LogP contribution in [-0.2, 0) is 24.2 Å². The van der Waals surface area contributed by atoms with E-state index in [4.69, 9.17) is 9.84 Å². The predicted octanol–water partition coefficient (Wildman–Crippen LogP) is 4.20. The Kier molecular flexibility index (Phi) is 4.83. The number of carboxylic acid groups (broad SMARTS) is 1. The van der Waals surface area contributed by atoms with Gasteiger partial charge in [0.15, 0.2) is 0 Å². The normalized spacial score (nSPS) is 16.7. The molecular weight excluding hydrogens is 326 g/mol. The highest BCUT2D eigenvalue weighted by Gasteiger charge is 2.20. The Hall–Kier alpha value is -2.49. The summed E-state index contributed by atoms with van der Waals surface area (Å²) in [5.74, 6) is 0.223. The molecular formula is C22H25NO3. The highest BCUT2D eigenvalue weighted by Crippen LogP contribution is 2.30. The zero-order valence-corrected chi connectivity index (χ0v) is 15.0. The minimum absolute atomic E-state index is 0.184. The van der Waals surface area contributed by atoms with Crippen LogP contribution >= 0.6 is 0 Å². The van der Waals surface area contributed by atoms with Crippen molar-refractivity contribution in [1.82, 2.24) is 0 Å². The van der Waals surface area contributed by atoms with E-state index in [9.17, 15) is 4.79 Å². The SMILES string of the molecule is O=C(O)CCc1ccc2c(c1)CN(c1cccc(OC3CCC3)c1)CC2. The number of hydrogen-bond acceptors (Lipinski definition) is 3. The maximum atomic E-state index is 10.8. The Morgan fingerprint density at radius 2 is 2.04 bits per heavy atom. The van der Waals surface area contributed by atoms with Gasteiger partial charge in [0, 0.05) is 31.3 Å². The number of ether oxygens (including phenoxy) is 1. The van der Waals surface area contributed by atoms with Crippen LogP contribution in [0.5, 0.6) is 5.75 Å². The van der Waals surface area contributed by atoms with Gasteiger partial charge in [-0.2, -0.15) is 0 Å². The van der Waals surface area contributed by atoms with Gasteiger partial charge in [-0.3, -0.25) is 4.79 Å². The summed E-state index contributed by atoms with van der Waals surface area (Å²) in [5.41, 5.74) is 4.99. The van der Waals surface area contributed by atoms with Crippen molar-refractivity contribution in [2.75, 3.05) is 11.4 Å². The Bertz CT molecular complexity index is 798. The molecule has 1 aliphatic heterocycles. The van der Waals surface area contributed by atoms with Crippen LogP contribution in [0.3, 0.4) is 0 Å². The molecule has 0 unspecified atom stereocenters. The highest BCUT2D eigenvalue weighted by atomic mass is 16.5. The predicted molar refractivity (Wildman–Crippen MR) is 102 cm³/mol. The average molecular weight is 351 g/mol. The molecule has 0 saturated heterocycles. The van der Waals surface area contributed by atoms with Crippen LogP contribution in [0.1, 0.15) is 42.4 Å². The second-order valence-corrected chi connectivity index (χ2v) is 7.34. The second kappa shape index (κ2) is 7.40. The first-order chi connectivity index (χ1) is 12.7. The zero-order chi connectivity index (χ0) is 17.9. The van der Waals surface area contributed by atoms with Gasteiger partial charge in [0.1, 0.15) is 5.75 Å². The van der Waals surface area contributed by atoms with Crippen LogP contribution in [0, 0.1) is 0 Å². The number of anilines is 1. The molecule has 1 saturated carbocycles. The van der Waals surface area contributed by atoms with Crippen molar-refractivity contribution in [3.63, 3.8) is 0 Å². The molecule has 0 spiro atoms. The summed E-state index contributed by atoms with van der Waals surface area (Å²) in [6.45, 7) is 1.86. The summed E-state index contributed by atoms with van der Waals surface area (Å²) in [5, 5.41) is 8.89. The minimum Gasteiger partial charge on any atom is -0.490 e. The van der Waals surface area contributed by atoms with Gasteiger partial charge in [0.2, 0.25) is 0 Å². The smallest absolute Gasteiger partial charge is 0.303 e. The molecule has 1 fully saturated rings. The summed E-state index contributed by atoms with van der Waals surface area (Å²) in [6.07, 6.45) is 5.79. The maximum Gasteiger partial charge on any atom is 0.303 e. The van der Waals surface area contributed by atoms with Gasteiger partial charge in [-0.1, -0.05) is 24.3 Å². The van der Waals surface area contributed by atoms with Crippen molar-refractivity contribution < 1.29 is 14.6 Å². The van der Waals surface area contributed by atoms with Crippen LogP contribution in [0.15, 0.2) is 42.5 Å². The average Bonchev–Trinajstić information content (AvgIpc) is 2.62. The molecule has 26 heavy (non-hydrogen) atoms.